The third-order valence-electron chi connectivity index (χ3n) is 10.6. The number of hydrogen-bond acceptors (Lipinski definition) is 3. The van der Waals surface area contributed by atoms with E-state index in [4.69, 9.17) is 9.47 Å². The molecule has 0 fully saturated rings. The molecule has 0 saturated carbocycles. The topological polar surface area (TPSA) is 35.5 Å². The summed E-state index contributed by atoms with van der Waals surface area (Å²) in [7, 11) is 0. The predicted octanol–water partition coefficient (Wildman–Crippen LogP) is 12.8. The van der Waals surface area contributed by atoms with Gasteiger partial charge in [0.15, 0.2) is 0 Å². The van der Waals surface area contributed by atoms with Gasteiger partial charge in [0.2, 0.25) is 0 Å². The van der Waals surface area contributed by atoms with Crippen molar-refractivity contribution in [2.24, 2.45) is 0 Å². The maximum Gasteiger partial charge on any atom is 0.343 e. The van der Waals surface area contributed by atoms with Gasteiger partial charge >= 0.3 is 5.97 Å². The van der Waals surface area contributed by atoms with E-state index in [9.17, 15) is 4.79 Å². The number of fused-ring (bicyclic) bond motifs is 2. The first-order valence-electron chi connectivity index (χ1n) is 19.3. The Kier molecular flexibility index (Phi) is 11.3. The monoisotopic (exact) mass is 722 g/mol. The second kappa shape index (κ2) is 16.6. The molecule has 2 aliphatic rings. The molecule has 0 amide bonds. The van der Waals surface area contributed by atoms with Crippen molar-refractivity contribution in [1.82, 2.24) is 0 Å². The number of allylic oxidation sites excluding steroid dienone is 2. The zero-order valence-corrected chi connectivity index (χ0v) is 33.0. The van der Waals surface area contributed by atoms with Gasteiger partial charge in [0.05, 0.1) is 5.56 Å². The van der Waals surface area contributed by atoms with Crippen molar-refractivity contribution >= 4 is 18.1 Å². The van der Waals surface area contributed by atoms with Crippen molar-refractivity contribution in [2.75, 3.05) is 0 Å². The fourth-order valence-corrected chi connectivity index (χ4v) is 7.45. The van der Waals surface area contributed by atoms with Crippen molar-refractivity contribution in [1.29, 1.82) is 0 Å². The molecule has 0 aliphatic heterocycles. The summed E-state index contributed by atoms with van der Waals surface area (Å²) in [5, 5.41) is 0. The molecule has 0 N–H and O–H groups in total. The molecule has 0 atom stereocenters. The maximum absolute atomic E-state index is 12.8. The summed E-state index contributed by atoms with van der Waals surface area (Å²) in [6.07, 6.45) is 8.34. The molecular formula is C52H50O3. The lowest BCUT2D eigenvalue weighted by molar-refractivity contribution is 0.0733. The van der Waals surface area contributed by atoms with Crippen molar-refractivity contribution in [2.45, 2.75) is 73.8 Å². The van der Waals surface area contributed by atoms with Crippen LogP contribution in [0.3, 0.4) is 0 Å². The number of carbonyl (C=O) groups excluding carboxylic acids is 1. The van der Waals surface area contributed by atoms with Gasteiger partial charge < -0.3 is 9.47 Å². The first-order chi connectivity index (χ1) is 26.6. The molecule has 2 aliphatic carbocycles. The van der Waals surface area contributed by atoms with Gasteiger partial charge in [-0.2, -0.15) is 0 Å². The molecule has 0 aromatic heterocycles. The zero-order valence-electron chi connectivity index (χ0n) is 33.0. The summed E-state index contributed by atoms with van der Waals surface area (Å²) in [4.78, 5) is 12.8. The highest BCUT2D eigenvalue weighted by Crippen LogP contribution is 2.37. The summed E-state index contributed by atoms with van der Waals surface area (Å²) in [6.45, 7) is 13.3. The summed E-state index contributed by atoms with van der Waals surface area (Å²) in [5.74, 6) is 1.23. The average Bonchev–Trinajstić information content (AvgIpc) is 3.78. The minimum Gasteiger partial charge on any atom is -0.489 e. The lowest BCUT2D eigenvalue weighted by Crippen LogP contribution is -2.12. The normalized spacial score (nSPS) is 12.5. The summed E-state index contributed by atoms with van der Waals surface area (Å²) < 4.78 is 11.7. The molecule has 0 spiro atoms. The fraction of sp³-hybridized carbons (Fsp3) is 0.212. The number of esters is 1. The van der Waals surface area contributed by atoms with E-state index in [-0.39, 0.29) is 5.97 Å². The molecule has 0 bridgehead atoms. The summed E-state index contributed by atoms with van der Waals surface area (Å²) in [5.41, 5.74) is 19.9. The summed E-state index contributed by atoms with van der Waals surface area (Å²) in [6, 6.07) is 41.9. The smallest absolute Gasteiger partial charge is 0.343 e. The van der Waals surface area contributed by atoms with Crippen LogP contribution in [0.15, 0.2) is 132 Å². The molecule has 3 heteroatoms. The Morgan fingerprint density at radius 2 is 1.04 bits per heavy atom. The highest BCUT2D eigenvalue weighted by atomic mass is 16.5. The van der Waals surface area contributed by atoms with Crippen LogP contribution < -0.4 is 9.47 Å². The molecule has 3 nitrogen and oxygen atoms in total. The third kappa shape index (κ3) is 9.07. The van der Waals surface area contributed by atoms with Crippen LogP contribution in [0.2, 0.25) is 0 Å². The first-order valence-corrected chi connectivity index (χ1v) is 19.3. The Morgan fingerprint density at radius 1 is 0.509 bits per heavy atom. The number of rotatable bonds is 9. The third-order valence-corrected chi connectivity index (χ3v) is 10.6. The van der Waals surface area contributed by atoms with Crippen molar-refractivity contribution in [3.8, 4) is 22.6 Å². The van der Waals surface area contributed by atoms with Crippen LogP contribution in [-0.4, -0.2) is 5.97 Å². The van der Waals surface area contributed by atoms with Crippen molar-refractivity contribution in [3.05, 3.63) is 199 Å². The molecule has 55 heavy (non-hydrogen) atoms. The number of ether oxygens (including phenoxy) is 2. The standard InChI is InChI=1S/C27H26O2.C25H24O/c1-18-4-8-21(9-5-18)10-11-22-12-15-24(26-17-20(3)16-25(22)26)27(28)29-23-13-6-19(2)7-14-23;1-17-4-8-20(9-5-17)23-13-10-21(24-14-19(3)15-25(23)24)16-26-22-11-6-18(2)7-12-22/h4-9,12-16H,10-11,17H2,1-3H3;4-13,15H,14,16H2,1-3H3. The van der Waals surface area contributed by atoms with Gasteiger partial charge in [-0.3, -0.25) is 0 Å². The quantitative estimate of drug-likeness (QED) is 0.110. The Bertz CT molecular complexity index is 2370. The zero-order chi connectivity index (χ0) is 38.5. The minimum atomic E-state index is -0.279. The van der Waals surface area contributed by atoms with Crippen LogP contribution in [-0.2, 0) is 32.3 Å². The Hall–Kier alpha value is -5.93. The minimum absolute atomic E-state index is 0.279. The summed E-state index contributed by atoms with van der Waals surface area (Å²) >= 11 is 0. The van der Waals surface area contributed by atoms with Gasteiger partial charge in [-0.25, -0.2) is 4.79 Å². The molecule has 0 saturated heterocycles. The van der Waals surface area contributed by atoms with Crippen LogP contribution in [0.1, 0.15) is 85.4 Å². The SMILES string of the molecule is CC1=Cc2c(-c3ccc(C)cc3)ccc(COc3ccc(C)cc3)c2C1.CC1=Cc2c(CCc3ccc(C)cc3)ccc(C(=O)Oc3ccc(C)cc3)c2C1. The van der Waals surface area contributed by atoms with Gasteiger partial charge in [-0.15, -0.1) is 0 Å². The van der Waals surface area contributed by atoms with Crippen molar-refractivity contribution in [3.63, 3.8) is 0 Å². The molecular weight excluding hydrogens is 673 g/mol. The van der Waals surface area contributed by atoms with E-state index in [0.717, 1.165) is 42.6 Å². The van der Waals surface area contributed by atoms with E-state index in [1.54, 1.807) is 0 Å². The van der Waals surface area contributed by atoms with Gasteiger partial charge in [-0.05, 0) is 148 Å². The highest BCUT2D eigenvalue weighted by molar-refractivity contribution is 5.95. The first kappa shape index (κ1) is 37.4. The predicted molar refractivity (Wildman–Crippen MR) is 228 cm³/mol. The molecule has 0 radical (unpaired) electrons. The molecule has 6 aromatic rings. The van der Waals surface area contributed by atoms with Crippen LogP contribution in [0, 0.1) is 27.7 Å². The molecule has 276 valence electrons. The number of carbonyl (C=O) groups is 1. The maximum atomic E-state index is 12.8. The van der Waals surface area contributed by atoms with E-state index < -0.39 is 0 Å². The Labute approximate surface area is 327 Å². The fourth-order valence-electron chi connectivity index (χ4n) is 7.45. The van der Waals surface area contributed by atoms with Crippen molar-refractivity contribution < 1.29 is 14.3 Å². The number of hydrogen-bond donors (Lipinski definition) is 0. The number of aryl methyl sites for hydroxylation is 6. The molecule has 0 heterocycles. The van der Waals surface area contributed by atoms with Crippen LogP contribution in [0.4, 0.5) is 0 Å². The number of benzene rings is 6. The lowest BCUT2D eigenvalue weighted by Gasteiger charge is -2.14. The lowest BCUT2D eigenvalue weighted by atomic mass is 9.93. The van der Waals surface area contributed by atoms with Crippen LogP contribution in [0.5, 0.6) is 11.5 Å². The second-order valence-corrected chi connectivity index (χ2v) is 15.3. The Balaban J connectivity index is 0.000000170. The van der Waals surface area contributed by atoms with E-state index in [2.05, 4.69) is 126 Å². The van der Waals surface area contributed by atoms with E-state index >= 15 is 0 Å². The van der Waals surface area contributed by atoms with Gasteiger partial charge in [0.25, 0.3) is 0 Å². The Morgan fingerprint density at radius 3 is 1.67 bits per heavy atom. The van der Waals surface area contributed by atoms with Crippen LogP contribution >= 0.6 is 0 Å². The highest BCUT2D eigenvalue weighted by Gasteiger charge is 2.23. The van der Waals surface area contributed by atoms with Gasteiger partial charge in [0.1, 0.15) is 18.1 Å². The van der Waals surface area contributed by atoms with Crippen LogP contribution in [0.25, 0.3) is 23.3 Å². The second-order valence-electron chi connectivity index (χ2n) is 15.3. The molecule has 6 aromatic carbocycles. The van der Waals surface area contributed by atoms with E-state index in [1.165, 1.54) is 72.3 Å². The van der Waals surface area contributed by atoms with Gasteiger partial charge in [-0.1, -0.05) is 137 Å². The largest absolute Gasteiger partial charge is 0.489 e. The molecule has 8 rings (SSSR count). The van der Waals surface area contributed by atoms with E-state index in [1.807, 2.05) is 49.4 Å². The van der Waals surface area contributed by atoms with E-state index in [0.29, 0.717) is 17.9 Å². The average molecular weight is 723 g/mol. The molecule has 0 unspecified atom stereocenters. The van der Waals surface area contributed by atoms with Gasteiger partial charge in [0, 0.05) is 0 Å².